The van der Waals surface area contributed by atoms with Crippen LogP contribution in [0.25, 0.3) is 0 Å². The lowest BCUT2D eigenvalue weighted by atomic mass is 9.80. The molecule has 11 heavy (non-hydrogen) atoms. The largest absolute Gasteiger partial charge is 0.352 e. The van der Waals surface area contributed by atoms with Crippen molar-refractivity contribution >= 4 is 5.91 Å². The zero-order valence-corrected chi connectivity index (χ0v) is 7.13. The topological polar surface area (TPSA) is 29.1 Å². The quantitative estimate of drug-likeness (QED) is 0.481. The van der Waals surface area contributed by atoms with E-state index in [4.69, 9.17) is 0 Å². The average molecular weight is 153 g/mol. The van der Waals surface area contributed by atoms with Crippen LogP contribution in [0.2, 0.25) is 0 Å². The van der Waals surface area contributed by atoms with Gasteiger partial charge in [-0.15, -0.1) is 6.58 Å². The summed E-state index contributed by atoms with van der Waals surface area (Å²) in [4.78, 5) is 11.0. The van der Waals surface area contributed by atoms with Crippen LogP contribution < -0.4 is 5.32 Å². The number of rotatable bonds is 3. The first-order valence-electron chi connectivity index (χ1n) is 4.08. The van der Waals surface area contributed by atoms with Crippen molar-refractivity contribution in [2.45, 2.75) is 26.3 Å². The summed E-state index contributed by atoms with van der Waals surface area (Å²) >= 11 is 0. The third-order valence-corrected chi connectivity index (χ3v) is 2.20. The zero-order chi connectivity index (χ0) is 8.43. The molecule has 0 spiro atoms. The Morgan fingerprint density at radius 1 is 1.73 bits per heavy atom. The minimum absolute atomic E-state index is 0.201. The van der Waals surface area contributed by atoms with Gasteiger partial charge in [-0.25, -0.2) is 0 Å². The van der Waals surface area contributed by atoms with Gasteiger partial charge in [-0.2, -0.15) is 0 Å². The molecule has 2 atom stereocenters. The molecular formula is C9H15NO. The molecule has 1 fully saturated rings. The highest BCUT2D eigenvalue weighted by atomic mass is 16.2. The summed E-state index contributed by atoms with van der Waals surface area (Å²) in [7, 11) is 0. The molecule has 1 aliphatic heterocycles. The molecule has 1 amide bonds. The highest BCUT2D eigenvalue weighted by Crippen LogP contribution is 2.25. The molecule has 62 valence electrons. The summed E-state index contributed by atoms with van der Waals surface area (Å²) in [6.45, 7) is 7.82. The molecule has 0 bridgehead atoms. The van der Waals surface area contributed by atoms with Crippen molar-refractivity contribution < 1.29 is 4.79 Å². The van der Waals surface area contributed by atoms with Gasteiger partial charge in [0.15, 0.2) is 0 Å². The van der Waals surface area contributed by atoms with E-state index in [-0.39, 0.29) is 11.8 Å². The Kier molecular flexibility index (Phi) is 2.32. The normalized spacial score (nSPS) is 29.5. The number of hydrogen-bond donors (Lipinski definition) is 1. The van der Waals surface area contributed by atoms with E-state index in [2.05, 4.69) is 25.7 Å². The van der Waals surface area contributed by atoms with Crippen LogP contribution in [0.4, 0.5) is 0 Å². The molecule has 1 saturated heterocycles. The molecule has 0 aromatic rings. The summed E-state index contributed by atoms with van der Waals surface area (Å²) in [5.74, 6) is 0.869. The summed E-state index contributed by atoms with van der Waals surface area (Å²) in [5, 5.41) is 2.86. The predicted octanol–water partition coefficient (Wildman–Crippen LogP) is 1.33. The lowest BCUT2D eigenvalue weighted by molar-refractivity contribution is -0.137. The first-order valence-corrected chi connectivity index (χ1v) is 4.08. The molecule has 0 aliphatic carbocycles. The number of amides is 1. The molecule has 0 radical (unpaired) electrons. The lowest BCUT2D eigenvalue weighted by Crippen LogP contribution is -2.59. The summed E-state index contributed by atoms with van der Waals surface area (Å²) in [6.07, 6.45) is 2.76. The second kappa shape index (κ2) is 3.07. The molecule has 0 saturated carbocycles. The fraction of sp³-hybridized carbons (Fsp3) is 0.667. The third kappa shape index (κ3) is 1.44. The Morgan fingerprint density at radius 2 is 2.36 bits per heavy atom. The zero-order valence-electron chi connectivity index (χ0n) is 7.13. The first-order chi connectivity index (χ1) is 5.16. The predicted molar refractivity (Wildman–Crippen MR) is 45.1 cm³/mol. The number of hydrogen-bond acceptors (Lipinski definition) is 1. The van der Waals surface area contributed by atoms with Gasteiger partial charge < -0.3 is 5.32 Å². The van der Waals surface area contributed by atoms with Gasteiger partial charge in [0, 0.05) is 6.04 Å². The van der Waals surface area contributed by atoms with Gasteiger partial charge in [0.25, 0.3) is 0 Å². The highest BCUT2D eigenvalue weighted by Gasteiger charge is 2.39. The maximum atomic E-state index is 11.0. The van der Waals surface area contributed by atoms with Gasteiger partial charge in [-0.3, -0.25) is 4.79 Å². The Morgan fingerprint density at radius 3 is 2.73 bits per heavy atom. The SMILES string of the molecule is C=CC[C@H]1NC(=O)[C@@H]1C(C)C. The average Bonchev–Trinajstić information content (AvgIpc) is 1.85. The minimum Gasteiger partial charge on any atom is -0.352 e. The smallest absolute Gasteiger partial charge is 0.225 e. The van der Waals surface area contributed by atoms with Crippen molar-refractivity contribution in [2.24, 2.45) is 11.8 Å². The van der Waals surface area contributed by atoms with Crippen LogP contribution in [0.15, 0.2) is 12.7 Å². The van der Waals surface area contributed by atoms with Gasteiger partial charge in [0.05, 0.1) is 5.92 Å². The van der Waals surface area contributed by atoms with Crippen molar-refractivity contribution in [3.63, 3.8) is 0 Å². The Bertz CT molecular complexity index is 172. The Hall–Kier alpha value is -0.790. The van der Waals surface area contributed by atoms with E-state index in [0.717, 1.165) is 6.42 Å². The standard InChI is InChI=1S/C9H15NO/c1-4-5-7-8(6(2)3)9(11)10-7/h4,6-8H,1,5H2,2-3H3,(H,10,11)/t7-,8-/m1/s1. The molecule has 2 heteroatoms. The second-order valence-corrected chi connectivity index (χ2v) is 3.41. The van der Waals surface area contributed by atoms with E-state index < -0.39 is 0 Å². The molecule has 2 nitrogen and oxygen atoms in total. The van der Waals surface area contributed by atoms with E-state index >= 15 is 0 Å². The lowest BCUT2D eigenvalue weighted by Gasteiger charge is -2.38. The third-order valence-electron chi connectivity index (χ3n) is 2.20. The molecular weight excluding hydrogens is 138 g/mol. The van der Waals surface area contributed by atoms with Gasteiger partial charge in [0.2, 0.25) is 5.91 Å². The summed E-state index contributed by atoms with van der Waals surface area (Å²) < 4.78 is 0. The Labute approximate surface area is 67.7 Å². The monoisotopic (exact) mass is 153 g/mol. The van der Waals surface area contributed by atoms with E-state index in [1.54, 1.807) is 0 Å². The number of β-lactam (4-membered cyclic amide) rings is 1. The number of carbonyl (C=O) groups is 1. The molecule has 0 unspecified atom stereocenters. The van der Waals surface area contributed by atoms with Crippen LogP contribution in [0.3, 0.4) is 0 Å². The van der Waals surface area contributed by atoms with E-state index in [0.29, 0.717) is 12.0 Å². The number of carbonyl (C=O) groups excluding carboxylic acids is 1. The van der Waals surface area contributed by atoms with Gasteiger partial charge in [0.1, 0.15) is 0 Å². The van der Waals surface area contributed by atoms with Gasteiger partial charge >= 0.3 is 0 Å². The molecule has 1 rings (SSSR count). The van der Waals surface area contributed by atoms with Crippen molar-refractivity contribution in [3.05, 3.63) is 12.7 Å². The molecule has 1 heterocycles. The van der Waals surface area contributed by atoms with Crippen LogP contribution in [-0.2, 0) is 4.79 Å². The minimum atomic E-state index is 0.201. The highest BCUT2D eigenvalue weighted by molar-refractivity contribution is 5.86. The fourth-order valence-electron chi connectivity index (χ4n) is 1.61. The molecule has 0 aromatic carbocycles. The van der Waals surface area contributed by atoms with Crippen LogP contribution in [0, 0.1) is 11.8 Å². The molecule has 1 aliphatic rings. The van der Waals surface area contributed by atoms with E-state index in [9.17, 15) is 4.79 Å². The first kappa shape index (κ1) is 8.31. The fourth-order valence-corrected chi connectivity index (χ4v) is 1.61. The van der Waals surface area contributed by atoms with Crippen molar-refractivity contribution in [1.82, 2.24) is 5.32 Å². The summed E-state index contributed by atoms with van der Waals surface area (Å²) in [5.41, 5.74) is 0. The van der Waals surface area contributed by atoms with Crippen LogP contribution >= 0.6 is 0 Å². The van der Waals surface area contributed by atoms with Crippen LogP contribution in [-0.4, -0.2) is 11.9 Å². The van der Waals surface area contributed by atoms with Crippen LogP contribution in [0.1, 0.15) is 20.3 Å². The van der Waals surface area contributed by atoms with Crippen molar-refractivity contribution in [1.29, 1.82) is 0 Å². The second-order valence-electron chi connectivity index (χ2n) is 3.41. The van der Waals surface area contributed by atoms with E-state index in [1.807, 2.05) is 6.08 Å². The summed E-state index contributed by atoms with van der Waals surface area (Å²) in [6, 6.07) is 0.347. The van der Waals surface area contributed by atoms with Gasteiger partial charge in [-0.05, 0) is 12.3 Å². The van der Waals surface area contributed by atoms with Crippen molar-refractivity contribution in [2.75, 3.05) is 0 Å². The van der Waals surface area contributed by atoms with Crippen LogP contribution in [0.5, 0.6) is 0 Å². The van der Waals surface area contributed by atoms with Gasteiger partial charge in [-0.1, -0.05) is 19.9 Å². The van der Waals surface area contributed by atoms with E-state index in [1.165, 1.54) is 0 Å². The maximum Gasteiger partial charge on any atom is 0.225 e. The molecule has 0 aromatic heterocycles. The number of nitrogens with one attached hydrogen (secondary N) is 1. The van der Waals surface area contributed by atoms with Crippen molar-refractivity contribution in [3.8, 4) is 0 Å². The Balaban J connectivity index is 2.47. The molecule has 1 N–H and O–H groups in total. The maximum absolute atomic E-state index is 11.0.